The van der Waals surface area contributed by atoms with Crippen molar-refractivity contribution in [1.29, 1.82) is 0 Å². The molecule has 0 saturated carbocycles. The fraction of sp³-hybridized carbons (Fsp3) is 0.857. The van der Waals surface area contributed by atoms with E-state index in [2.05, 4.69) is 29.3 Å². The van der Waals surface area contributed by atoms with Gasteiger partial charge in [-0.15, -0.1) is 5.10 Å². The molecule has 0 radical (unpaired) electrons. The lowest BCUT2D eigenvalue weighted by atomic mass is 10.1. The molecule has 0 N–H and O–H groups in total. The van der Waals surface area contributed by atoms with Crippen LogP contribution in [0.5, 0.6) is 0 Å². The van der Waals surface area contributed by atoms with Gasteiger partial charge in [0, 0.05) is 5.71 Å². The van der Waals surface area contributed by atoms with Gasteiger partial charge >= 0.3 is 0 Å². The molecule has 0 aliphatic rings. The summed E-state index contributed by atoms with van der Waals surface area (Å²) in [6.45, 7) is 6.24. The van der Waals surface area contributed by atoms with Crippen LogP contribution in [0.1, 0.15) is 27.2 Å². The van der Waals surface area contributed by atoms with Gasteiger partial charge in [-0.2, -0.15) is 5.11 Å². The van der Waals surface area contributed by atoms with Crippen LogP contribution < -0.4 is 0 Å². The Balaban J connectivity index is 3.91. The lowest BCUT2D eigenvalue weighted by molar-refractivity contribution is 0.729. The van der Waals surface area contributed by atoms with Crippen molar-refractivity contribution in [2.24, 2.45) is 21.4 Å². The highest BCUT2D eigenvalue weighted by Gasteiger charge is 2.00. The summed E-state index contributed by atoms with van der Waals surface area (Å²) in [6.07, 6.45) is 1.11. The summed E-state index contributed by atoms with van der Waals surface area (Å²) in [6, 6.07) is 0. The highest BCUT2D eigenvalue weighted by atomic mass is 15.4. The van der Waals surface area contributed by atoms with Crippen LogP contribution in [0.3, 0.4) is 0 Å². The van der Waals surface area contributed by atoms with Crippen LogP contribution in [0.15, 0.2) is 15.4 Å². The predicted molar refractivity (Wildman–Crippen MR) is 43.3 cm³/mol. The van der Waals surface area contributed by atoms with E-state index in [0.717, 1.165) is 12.1 Å². The first kappa shape index (κ1) is 9.27. The molecule has 0 spiro atoms. The predicted octanol–water partition coefficient (Wildman–Crippen LogP) is 2.49. The number of nitrogens with zero attached hydrogens (tertiary/aromatic N) is 3. The van der Waals surface area contributed by atoms with Gasteiger partial charge in [-0.05, 0) is 19.3 Å². The molecule has 1 atom stereocenters. The molecule has 3 nitrogen and oxygen atoms in total. The van der Waals surface area contributed by atoms with Crippen LogP contribution in [0.25, 0.3) is 0 Å². The molecule has 58 valence electrons. The molecular formula is C7H15N3. The van der Waals surface area contributed by atoms with Crippen molar-refractivity contribution < 1.29 is 0 Å². The van der Waals surface area contributed by atoms with Crippen molar-refractivity contribution in [3.63, 3.8) is 0 Å². The maximum Gasteiger partial charge on any atom is 0.0509 e. The zero-order valence-corrected chi connectivity index (χ0v) is 7.13. The van der Waals surface area contributed by atoms with Crippen LogP contribution in [-0.2, 0) is 0 Å². The van der Waals surface area contributed by atoms with E-state index in [1.54, 1.807) is 7.05 Å². The zero-order chi connectivity index (χ0) is 7.98. The molecule has 0 amide bonds. The molecule has 0 aromatic carbocycles. The maximum atomic E-state index is 3.89. The minimum Gasteiger partial charge on any atom is -0.172 e. The lowest BCUT2D eigenvalue weighted by Crippen LogP contribution is -2.03. The molecule has 0 heterocycles. The van der Waals surface area contributed by atoms with Crippen molar-refractivity contribution >= 4 is 5.71 Å². The van der Waals surface area contributed by atoms with E-state index in [0.29, 0.717) is 5.92 Å². The Kier molecular flexibility index (Phi) is 4.72. The van der Waals surface area contributed by atoms with E-state index < -0.39 is 0 Å². The summed E-state index contributed by atoms with van der Waals surface area (Å²) >= 11 is 0. The Hall–Kier alpha value is -0.730. The van der Waals surface area contributed by atoms with E-state index in [1.807, 2.05) is 6.92 Å². The first-order valence-electron chi connectivity index (χ1n) is 3.55. The van der Waals surface area contributed by atoms with Crippen molar-refractivity contribution in [3.05, 3.63) is 0 Å². The first-order valence-corrected chi connectivity index (χ1v) is 3.55. The zero-order valence-electron chi connectivity index (χ0n) is 7.13. The summed E-state index contributed by atoms with van der Waals surface area (Å²) in [5.74, 6) is 0.519. The minimum absolute atomic E-state index is 0.519. The molecule has 0 rings (SSSR count). The molecule has 0 bridgehead atoms. The van der Waals surface area contributed by atoms with Crippen LogP contribution in [0, 0.1) is 5.92 Å². The van der Waals surface area contributed by atoms with Crippen molar-refractivity contribution in [2.45, 2.75) is 27.2 Å². The van der Waals surface area contributed by atoms with Crippen molar-refractivity contribution in [3.8, 4) is 0 Å². The summed E-state index contributed by atoms with van der Waals surface area (Å²) < 4.78 is 0. The average molecular weight is 141 g/mol. The third-order valence-corrected chi connectivity index (χ3v) is 1.62. The van der Waals surface area contributed by atoms with Gasteiger partial charge in [0.15, 0.2) is 0 Å². The van der Waals surface area contributed by atoms with Crippen LogP contribution in [-0.4, -0.2) is 12.8 Å². The molecule has 0 aromatic rings. The Morgan fingerprint density at radius 3 is 2.50 bits per heavy atom. The largest absolute Gasteiger partial charge is 0.172 e. The second-order valence-corrected chi connectivity index (χ2v) is 2.34. The Labute approximate surface area is 62.2 Å². The average Bonchev–Trinajstić information content (AvgIpc) is 1.98. The fourth-order valence-corrected chi connectivity index (χ4v) is 0.509. The SMILES string of the molecule is CCC(C)/C(C)=N/N=NC. The number of hydrogen-bond donors (Lipinski definition) is 0. The van der Waals surface area contributed by atoms with Gasteiger partial charge in [0.1, 0.15) is 0 Å². The second-order valence-electron chi connectivity index (χ2n) is 2.34. The normalized spacial score (nSPS) is 16.2. The summed E-state index contributed by atoms with van der Waals surface area (Å²) in [5, 5.41) is 11.0. The van der Waals surface area contributed by atoms with Gasteiger partial charge in [-0.25, -0.2) is 0 Å². The van der Waals surface area contributed by atoms with Gasteiger partial charge in [0.05, 0.1) is 7.05 Å². The Bertz CT molecular complexity index is 138. The molecule has 0 fully saturated rings. The fourth-order valence-electron chi connectivity index (χ4n) is 0.509. The third kappa shape index (κ3) is 3.33. The highest BCUT2D eigenvalue weighted by molar-refractivity contribution is 5.83. The van der Waals surface area contributed by atoms with Crippen molar-refractivity contribution in [1.82, 2.24) is 0 Å². The quantitative estimate of drug-likeness (QED) is 0.329. The smallest absolute Gasteiger partial charge is 0.0509 e. The molecular weight excluding hydrogens is 126 g/mol. The molecule has 0 aliphatic heterocycles. The van der Waals surface area contributed by atoms with Crippen LogP contribution in [0.4, 0.5) is 0 Å². The van der Waals surface area contributed by atoms with Gasteiger partial charge < -0.3 is 0 Å². The van der Waals surface area contributed by atoms with Gasteiger partial charge in [0.25, 0.3) is 0 Å². The first-order chi connectivity index (χ1) is 4.72. The van der Waals surface area contributed by atoms with E-state index >= 15 is 0 Å². The topological polar surface area (TPSA) is 37.1 Å². The van der Waals surface area contributed by atoms with Gasteiger partial charge in [-0.1, -0.05) is 19.1 Å². The van der Waals surface area contributed by atoms with Crippen LogP contribution in [0.2, 0.25) is 0 Å². The number of hydrogen-bond acceptors (Lipinski definition) is 2. The Morgan fingerprint density at radius 2 is 2.10 bits per heavy atom. The summed E-state index contributed by atoms with van der Waals surface area (Å²) in [4.78, 5) is 0. The van der Waals surface area contributed by atoms with E-state index in [4.69, 9.17) is 0 Å². The molecule has 1 unspecified atom stereocenters. The molecule has 3 heteroatoms. The molecule has 0 aliphatic carbocycles. The lowest BCUT2D eigenvalue weighted by Gasteiger charge is -2.03. The minimum atomic E-state index is 0.519. The molecule has 0 saturated heterocycles. The third-order valence-electron chi connectivity index (χ3n) is 1.62. The summed E-state index contributed by atoms with van der Waals surface area (Å²) in [7, 11) is 1.62. The second kappa shape index (κ2) is 5.09. The standard InChI is InChI=1S/C7H15N3/c1-5-6(2)7(3)9-10-8-4/h6H,5H2,1-4H3/b9-7+,10-8?. The maximum absolute atomic E-state index is 3.89. The summed E-state index contributed by atoms with van der Waals surface area (Å²) in [5.41, 5.74) is 1.05. The van der Waals surface area contributed by atoms with Crippen molar-refractivity contribution in [2.75, 3.05) is 7.05 Å². The van der Waals surface area contributed by atoms with Crippen LogP contribution >= 0.6 is 0 Å². The monoisotopic (exact) mass is 141 g/mol. The Morgan fingerprint density at radius 1 is 1.50 bits per heavy atom. The molecule has 0 aromatic heterocycles. The van der Waals surface area contributed by atoms with Gasteiger partial charge in [-0.3, -0.25) is 0 Å². The van der Waals surface area contributed by atoms with Gasteiger partial charge in [0.2, 0.25) is 0 Å². The number of rotatable bonds is 3. The van der Waals surface area contributed by atoms with E-state index in [9.17, 15) is 0 Å². The molecule has 10 heavy (non-hydrogen) atoms. The highest BCUT2D eigenvalue weighted by Crippen LogP contribution is 2.03. The van der Waals surface area contributed by atoms with E-state index in [1.165, 1.54) is 0 Å². The van der Waals surface area contributed by atoms with E-state index in [-0.39, 0.29) is 0 Å².